The smallest absolute Gasteiger partial charge is 0.338 e. The van der Waals surface area contributed by atoms with E-state index in [1.165, 1.54) is 17.8 Å². The van der Waals surface area contributed by atoms with E-state index < -0.39 is 24.3 Å². The lowest BCUT2D eigenvalue weighted by Gasteiger charge is -2.41. The Morgan fingerprint density at radius 3 is 2.35 bits per heavy atom. The zero-order valence-corrected chi connectivity index (χ0v) is 24.7. The van der Waals surface area contributed by atoms with Crippen LogP contribution in [0.5, 0.6) is 0 Å². The summed E-state index contributed by atoms with van der Waals surface area (Å²) in [5.41, 5.74) is 3.48. The summed E-state index contributed by atoms with van der Waals surface area (Å²) >= 11 is 1.33. The molecule has 1 fully saturated rings. The number of carbonyl (C=O) groups excluding carboxylic acids is 2. The summed E-state index contributed by atoms with van der Waals surface area (Å²) in [5.74, 6) is -1.18. The second-order valence-electron chi connectivity index (χ2n) is 9.88. The van der Waals surface area contributed by atoms with Crippen molar-refractivity contribution in [3.63, 3.8) is 0 Å². The summed E-state index contributed by atoms with van der Waals surface area (Å²) in [6.07, 6.45) is 0.225. The van der Waals surface area contributed by atoms with Gasteiger partial charge < -0.3 is 35.1 Å². The largest absolute Gasteiger partial charge is 0.478 e. The van der Waals surface area contributed by atoms with Gasteiger partial charge in [-0.1, -0.05) is 55.5 Å². The van der Waals surface area contributed by atoms with Crippen molar-refractivity contribution in [2.24, 2.45) is 5.92 Å². The molecule has 3 aromatic rings. The number of aromatic carboxylic acids is 1. The number of aromatic nitrogens is 1. The van der Waals surface area contributed by atoms with Crippen LogP contribution >= 0.6 is 11.8 Å². The molecule has 0 spiro atoms. The number of hydrogen-bond acceptors (Lipinski definition) is 9. The van der Waals surface area contributed by atoms with Gasteiger partial charge in [-0.2, -0.15) is 0 Å². The number of aliphatic hydroxyl groups is 1. The molecule has 1 aliphatic heterocycles. The molecule has 1 saturated heterocycles. The van der Waals surface area contributed by atoms with Crippen LogP contribution in [0.15, 0.2) is 71.9 Å². The zero-order chi connectivity index (χ0) is 30.8. The Hall–Kier alpha value is -3.97. The van der Waals surface area contributed by atoms with Gasteiger partial charge in [-0.05, 0) is 35.7 Å². The molecule has 4 N–H and O–H groups in total. The number of carbonyl (C=O) groups is 3. The summed E-state index contributed by atoms with van der Waals surface area (Å²) in [6.45, 7) is 3.94. The van der Waals surface area contributed by atoms with E-state index in [-0.39, 0.29) is 50.0 Å². The number of pyridine rings is 1. The number of rotatable bonds is 12. The molecule has 2 amide bonds. The summed E-state index contributed by atoms with van der Waals surface area (Å²) in [7, 11) is 0. The monoisotopic (exact) mass is 609 g/mol. The first kappa shape index (κ1) is 32.0. The number of carboxylic acids is 1. The van der Waals surface area contributed by atoms with Crippen molar-refractivity contribution in [3.8, 4) is 0 Å². The average molecular weight is 610 g/mol. The normalized spacial score (nSPS) is 19.8. The Morgan fingerprint density at radius 2 is 1.67 bits per heavy atom. The molecule has 0 radical (unpaired) electrons. The second-order valence-corrected chi connectivity index (χ2v) is 10.9. The van der Waals surface area contributed by atoms with Crippen LogP contribution < -0.4 is 10.6 Å². The fourth-order valence-electron chi connectivity index (χ4n) is 4.54. The van der Waals surface area contributed by atoms with Crippen LogP contribution in [0.2, 0.25) is 0 Å². The minimum atomic E-state index is -1.04. The van der Waals surface area contributed by atoms with Crippen LogP contribution in [0.4, 0.5) is 4.79 Å². The van der Waals surface area contributed by atoms with Crippen LogP contribution in [-0.2, 0) is 32.2 Å². The average Bonchev–Trinajstić information content (AvgIpc) is 3.03. The molecular weight excluding hydrogens is 574 g/mol. The van der Waals surface area contributed by atoms with Crippen molar-refractivity contribution in [2.45, 2.75) is 50.5 Å². The van der Waals surface area contributed by atoms with Crippen LogP contribution in [0.25, 0.3) is 0 Å². The van der Waals surface area contributed by atoms with Crippen molar-refractivity contribution in [3.05, 3.63) is 94.7 Å². The third-order valence-corrected chi connectivity index (χ3v) is 8.01. The Balaban J connectivity index is 1.46. The SMILES string of the molecule is CCOC(=O)CNC(=O)NCc1ccc([C@@H]2O[C@H](CSc3ncccc3C(=O)O)[C@H](C)[C@H](c3ccc(CO)cc3)O2)cc1. The maximum absolute atomic E-state index is 12.0. The van der Waals surface area contributed by atoms with Gasteiger partial charge in [-0.3, -0.25) is 4.79 Å². The number of urea groups is 1. The van der Waals surface area contributed by atoms with Gasteiger partial charge in [0.1, 0.15) is 11.6 Å². The lowest BCUT2D eigenvalue weighted by atomic mass is 9.91. The summed E-state index contributed by atoms with van der Waals surface area (Å²) in [5, 5.41) is 24.6. The number of nitrogens with zero attached hydrogens (tertiary/aromatic N) is 1. The standard InChI is InChI=1S/C31H35N3O8S/c1-3-40-26(36)16-34-31(39)33-15-20-6-12-23(13-7-20)30-41-25(18-43-28-24(29(37)38)5-4-14-32-28)19(2)27(42-30)22-10-8-21(17-35)9-11-22/h4-14,19,25,27,30,35H,3,15-18H2,1-2H3,(H,37,38)(H2,33,34,39)/t19-,25+,27+,30+/m0/s1. The van der Waals surface area contributed by atoms with Gasteiger partial charge in [0.05, 0.1) is 31.0 Å². The molecule has 0 aliphatic carbocycles. The molecule has 1 aromatic heterocycles. The first-order chi connectivity index (χ1) is 20.8. The maximum Gasteiger partial charge on any atom is 0.338 e. The van der Waals surface area contributed by atoms with E-state index in [4.69, 9.17) is 14.2 Å². The number of thioether (sulfide) groups is 1. The van der Waals surface area contributed by atoms with Gasteiger partial charge in [-0.25, -0.2) is 14.6 Å². The highest BCUT2D eigenvalue weighted by atomic mass is 32.2. The summed E-state index contributed by atoms with van der Waals surface area (Å²) in [4.78, 5) is 39.4. The van der Waals surface area contributed by atoms with Crippen LogP contribution in [-0.4, -0.2) is 58.2 Å². The molecule has 2 heterocycles. The van der Waals surface area contributed by atoms with Crippen molar-refractivity contribution in [1.29, 1.82) is 0 Å². The van der Waals surface area contributed by atoms with Crippen molar-refractivity contribution < 1.29 is 38.8 Å². The Kier molecular flexibility index (Phi) is 11.5. The van der Waals surface area contributed by atoms with Crippen molar-refractivity contribution in [2.75, 3.05) is 18.9 Å². The van der Waals surface area contributed by atoms with Crippen molar-refractivity contribution >= 4 is 29.7 Å². The second kappa shape index (κ2) is 15.5. The molecule has 11 nitrogen and oxygen atoms in total. The maximum atomic E-state index is 12.0. The lowest BCUT2D eigenvalue weighted by molar-refractivity contribution is -0.268. The third kappa shape index (κ3) is 8.77. The molecule has 228 valence electrons. The molecule has 4 atom stereocenters. The Morgan fingerprint density at radius 1 is 0.977 bits per heavy atom. The number of ether oxygens (including phenoxy) is 3. The highest BCUT2D eigenvalue weighted by molar-refractivity contribution is 7.99. The number of carboxylic acid groups (broad SMARTS) is 1. The van der Waals surface area contributed by atoms with Gasteiger partial charge in [0.25, 0.3) is 0 Å². The van der Waals surface area contributed by atoms with Gasteiger partial charge >= 0.3 is 18.0 Å². The number of hydrogen-bond donors (Lipinski definition) is 4. The number of esters is 1. The van der Waals surface area contributed by atoms with Crippen LogP contribution in [0, 0.1) is 5.92 Å². The van der Waals surface area contributed by atoms with E-state index in [0.717, 1.165) is 22.3 Å². The highest BCUT2D eigenvalue weighted by Crippen LogP contribution is 2.43. The summed E-state index contributed by atoms with van der Waals surface area (Å²) in [6, 6.07) is 17.7. The molecule has 43 heavy (non-hydrogen) atoms. The van der Waals surface area contributed by atoms with E-state index in [1.54, 1.807) is 19.2 Å². The minimum absolute atomic E-state index is 0.0589. The van der Waals surface area contributed by atoms with Gasteiger partial charge in [0.15, 0.2) is 6.29 Å². The predicted octanol–water partition coefficient (Wildman–Crippen LogP) is 4.22. The molecule has 2 aromatic carbocycles. The number of benzene rings is 2. The molecule has 0 saturated carbocycles. The summed E-state index contributed by atoms with van der Waals surface area (Å²) < 4.78 is 17.7. The van der Waals surface area contributed by atoms with Gasteiger partial charge in [-0.15, -0.1) is 11.8 Å². The van der Waals surface area contributed by atoms with Crippen LogP contribution in [0.1, 0.15) is 58.9 Å². The zero-order valence-electron chi connectivity index (χ0n) is 23.9. The minimum Gasteiger partial charge on any atom is -0.478 e. The number of amides is 2. The molecule has 0 bridgehead atoms. The van der Waals surface area contributed by atoms with Gasteiger partial charge in [0, 0.05) is 30.0 Å². The fraction of sp³-hybridized carbons (Fsp3) is 0.355. The molecule has 4 rings (SSSR count). The predicted molar refractivity (Wildman–Crippen MR) is 158 cm³/mol. The highest BCUT2D eigenvalue weighted by Gasteiger charge is 2.38. The fourth-order valence-corrected chi connectivity index (χ4v) is 5.69. The van der Waals surface area contributed by atoms with E-state index in [9.17, 15) is 24.6 Å². The van der Waals surface area contributed by atoms with E-state index in [2.05, 4.69) is 15.6 Å². The Bertz CT molecular complexity index is 1390. The Labute approximate surface area is 254 Å². The molecule has 12 heteroatoms. The van der Waals surface area contributed by atoms with E-state index in [0.29, 0.717) is 10.8 Å². The first-order valence-corrected chi connectivity index (χ1v) is 14.9. The molecule has 0 unspecified atom stereocenters. The number of aliphatic hydroxyl groups excluding tert-OH is 1. The van der Waals surface area contributed by atoms with Gasteiger partial charge in [0.2, 0.25) is 0 Å². The van der Waals surface area contributed by atoms with E-state index >= 15 is 0 Å². The molecular formula is C31H35N3O8S. The van der Waals surface area contributed by atoms with Crippen molar-refractivity contribution in [1.82, 2.24) is 15.6 Å². The topological polar surface area (TPSA) is 156 Å². The quantitative estimate of drug-likeness (QED) is 0.173. The number of nitrogens with one attached hydrogen (secondary N) is 2. The lowest BCUT2D eigenvalue weighted by Crippen LogP contribution is -2.39. The third-order valence-electron chi connectivity index (χ3n) is 6.91. The first-order valence-electron chi connectivity index (χ1n) is 13.9. The van der Waals surface area contributed by atoms with Crippen LogP contribution in [0.3, 0.4) is 0 Å². The van der Waals surface area contributed by atoms with E-state index in [1.807, 2.05) is 55.5 Å². The molecule has 1 aliphatic rings.